The lowest BCUT2D eigenvalue weighted by Crippen LogP contribution is -2.42. The highest BCUT2D eigenvalue weighted by Crippen LogP contribution is 2.22. The Hall–Kier alpha value is -0.230. The third-order valence-electron chi connectivity index (χ3n) is 3.84. The Morgan fingerprint density at radius 2 is 2.28 bits per heavy atom. The van der Waals surface area contributed by atoms with Crippen LogP contribution in [0.1, 0.15) is 19.3 Å². The molecule has 106 valence electrons. The smallest absolute Gasteiger partial charge is 0.114 e. The van der Waals surface area contributed by atoms with E-state index in [2.05, 4.69) is 10.2 Å². The van der Waals surface area contributed by atoms with Crippen LogP contribution in [0.15, 0.2) is 0 Å². The van der Waals surface area contributed by atoms with Gasteiger partial charge in [0.2, 0.25) is 0 Å². The van der Waals surface area contributed by atoms with Gasteiger partial charge in [0.15, 0.2) is 0 Å². The fourth-order valence-electron chi connectivity index (χ4n) is 2.88. The Labute approximate surface area is 109 Å². The zero-order valence-corrected chi connectivity index (χ0v) is 11.2. The van der Waals surface area contributed by atoms with Crippen LogP contribution in [0.5, 0.6) is 0 Å². The highest BCUT2D eigenvalue weighted by atomic mass is 19.1. The molecule has 4 nitrogen and oxygen atoms in total. The number of halogens is 1. The maximum Gasteiger partial charge on any atom is 0.114 e. The fourth-order valence-corrected chi connectivity index (χ4v) is 2.88. The van der Waals surface area contributed by atoms with Gasteiger partial charge in [0.1, 0.15) is 6.17 Å². The number of hydrogen-bond acceptors (Lipinski definition) is 4. The second kappa shape index (κ2) is 7.38. The number of alkyl halides is 1. The number of likely N-dealkylation sites (tertiary alicyclic amines) is 1. The molecule has 0 spiro atoms. The van der Waals surface area contributed by atoms with Gasteiger partial charge in [-0.3, -0.25) is 4.90 Å². The van der Waals surface area contributed by atoms with E-state index in [9.17, 15) is 4.39 Å². The summed E-state index contributed by atoms with van der Waals surface area (Å²) in [5, 5.41) is 3.47. The number of hydrogen-bond donors (Lipinski definition) is 1. The van der Waals surface area contributed by atoms with Gasteiger partial charge in [0.25, 0.3) is 0 Å². The van der Waals surface area contributed by atoms with E-state index in [0.29, 0.717) is 38.8 Å². The lowest BCUT2D eigenvalue weighted by atomic mass is 10.2. The number of ether oxygens (including phenoxy) is 2. The molecule has 0 saturated carbocycles. The predicted octanol–water partition coefficient (Wildman–Crippen LogP) is 0.814. The first-order valence-electron chi connectivity index (χ1n) is 6.97. The SMILES string of the molecule is COCCOCC1CC(F)CN1CC1CCCN1. The standard InChI is InChI=1S/C13H25FN2O2/c1-17-5-6-18-10-13-7-11(14)8-16(13)9-12-3-2-4-15-12/h11-13,15H,2-10H2,1H3. The van der Waals surface area contributed by atoms with E-state index in [1.54, 1.807) is 7.11 Å². The summed E-state index contributed by atoms with van der Waals surface area (Å²) in [5.74, 6) is 0. The number of nitrogens with zero attached hydrogens (tertiary/aromatic N) is 1. The summed E-state index contributed by atoms with van der Waals surface area (Å²) >= 11 is 0. The summed E-state index contributed by atoms with van der Waals surface area (Å²) in [5.41, 5.74) is 0. The summed E-state index contributed by atoms with van der Waals surface area (Å²) in [4.78, 5) is 2.25. The average molecular weight is 260 g/mol. The quantitative estimate of drug-likeness (QED) is 0.687. The highest BCUT2D eigenvalue weighted by molar-refractivity contribution is 4.89. The van der Waals surface area contributed by atoms with E-state index in [1.165, 1.54) is 12.8 Å². The van der Waals surface area contributed by atoms with Crippen LogP contribution in [0.25, 0.3) is 0 Å². The Morgan fingerprint density at radius 3 is 3.00 bits per heavy atom. The fraction of sp³-hybridized carbons (Fsp3) is 1.00. The van der Waals surface area contributed by atoms with Crippen molar-refractivity contribution in [2.45, 2.75) is 37.5 Å². The van der Waals surface area contributed by atoms with Crippen LogP contribution in [-0.2, 0) is 9.47 Å². The van der Waals surface area contributed by atoms with Gasteiger partial charge in [-0.15, -0.1) is 0 Å². The minimum absolute atomic E-state index is 0.235. The topological polar surface area (TPSA) is 33.7 Å². The molecular weight excluding hydrogens is 235 g/mol. The summed E-state index contributed by atoms with van der Waals surface area (Å²) in [7, 11) is 1.66. The first-order valence-corrected chi connectivity index (χ1v) is 6.97. The minimum atomic E-state index is -0.692. The Balaban J connectivity index is 1.71. The van der Waals surface area contributed by atoms with Crippen molar-refractivity contribution in [3.05, 3.63) is 0 Å². The molecule has 1 N–H and O–H groups in total. The van der Waals surface area contributed by atoms with Gasteiger partial charge in [0.05, 0.1) is 19.8 Å². The summed E-state index contributed by atoms with van der Waals surface area (Å²) < 4.78 is 24.0. The molecule has 5 heteroatoms. The lowest BCUT2D eigenvalue weighted by Gasteiger charge is -2.26. The molecule has 2 aliphatic heterocycles. The van der Waals surface area contributed by atoms with Crippen molar-refractivity contribution in [3.63, 3.8) is 0 Å². The molecule has 0 amide bonds. The van der Waals surface area contributed by atoms with E-state index in [-0.39, 0.29) is 6.04 Å². The summed E-state index contributed by atoms with van der Waals surface area (Å²) in [6.07, 6.45) is 2.37. The van der Waals surface area contributed by atoms with Gasteiger partial charge >= 0.3 is 0 Å². The molecule has 0 aromatic rings. The molecule has 2 rings (SSSR count). The molecule has 2 aliphatic rings. The van der Waals surface area contributed by atoms with Gasteiger partial charge < -0.3 is 14.8 Å². The normalized spacial score (nSPS) is 33.3. The first-order chi connectivity index (χ1) is 8.79. The van der Waals surface area contributed by atoms with Crippen LogP contribution in [0.4, 0.5) is 4.39 Å². The number of rotatable bonds is 7. The van der Waals surface area contributed by atoms with Gasteiger partial charge in [-0.25, -0.2) is 4.39 Å². The average Bonchev–Trinajstić information content (AvgIpc) is 2.96. The van der Waals surface area contributed by atoms with E-state index in [0.717, 1.165) is 13.1 Å². The summed E-state index contributed by atoms with van der Waals surface area (Å²) in [6, 6.07) is 0.774. The molecule has 2 fully saturated rings. The maximum atomic E-state index is 13.5. The Bertz CT molecular complexity index is 237. The Morgan fingerprint density at radius 1 is 1.39 bits per heavy atom. The van der Waals surface area contributed by atoms with Crippen molar-refractivity contribution in [2.75, 3.05) is 46.6 Å². The van der Waals surface area contributed by atoms with Crippen LogP contribution in [0, 0.1) is 0 Å². The first kappa shape index (κ1) is 14.2. The second-order valence-corrected chi connectivity index (χ2v) is 5.30. The minimum Gasteiger partial charge on any atom is -0.382 e. The van der Waals surface area contributed by atoms with Crippen molar-refractivity contribution < 1.29 is 13.9 Å². The van der Waals surface area contributed by atoms with Crippen LogP contribution >= 0.6 is 0 Å². The van der Waals surface area contributed by atoms with E-state index in [4.69, 9.17) is 9.47 Å². The zero-order chi connectivity index (χ0) is 12.8. The van der Waals surface area contributed by atoms with Crippen molar-refractivity contribution in [2.24, 2.45) is 0 Å². The highest BCUT2D eigenvalue weighted by Gasteiger charge is 2.33. The molecule has 0 aromatic heterocycles. The molecule has 0 bridgehead atoms. The number of methoxy groups -OCH3 is 1. The lowest BCUT2D eigenvalue weighted by molar-refractivity contribution is 0.0390. The van der Waals surface area contributed by atoms with Crippen LogP contribution in [0.3, 0.4) is 0 Å². The third-order valence-corrected chi connectivity index (χ3v) is 3.84. The molecule has 0 radical (unpaired) electrons. The van der Waals surface area contributed by atoms with Crippen molar-refractivity contribution in [1.82, 2.24) is 10.2 Å². The summed E-state index contributed by atoms with van der Waals surface area (Å²) in [6.45, 7) is 4.45. The van der Waals surface area contributed by atoms with Gasteiger partial charge in [0, 0.05) is 32.3 Å². The van der Waals surface area contributed by atoms with E-state index < -0.39 is 6.17 Å². The molecular formula is C13H25FN2O2. The molecule has 0 aromatic carbocycles. The van der Waals surface area contributed by atoms with E-state index in [1.807, 2.05) is 0 Å². The van der Waals surface area contributed by atoms with E-state index >= 15 is 0 Å². The van der Waals surface area contributed by atoms with Crippen molar-refractivity contribution in [1.29, 1.82) is 0 Å². The van der Waals surface area contributed by atoms with Crippen molar-refractivity contribution in [3.8, 4) is 0 Å². The monoisotopic (exact) mass is 260 g/mol. The molecule has 2 saturated heterocycles. The predicted molar refractivity (Wildman–Crippen MR) is 68.6 cm³/mol. The van der Waals surface area contributed by atoms with Crippen molar-refractivity contribution >= 4 is 0 Å². The van der Waals surface area contributed by atoms with Crippen LogP contribution in [-0.4, -0.2) is 69.7 Å². The van der Waals surface area contributed by atoms with Gasteiger partial charge in [-0.05, 0) is 25.8 Å². The molecule has 3 atom stereocenters. The Kier molecular flexibility index (Phi) is 5.82. The molecule has 0 aliphatic carbocycles. The molecule has 3 unspecified atom stereocenters. The maximum absolute atomic E-state index is 13.5. The zero-order valence-electron chi connectivity index (χ0n) is 11.2. The van der Waals surface area contributed by atoms with Gasteiger partial charge in [-0.1, -0.05) is 0 Å². The largest absolute Gasteiger partial charge is 0.382 e. The molecule has 18 heavy (non-hydrogen) atoms. The third kappa shape index (κ3) is 4.16. The molecule has 2 heterocycles. The van der Waals surface area contributed by atoms with Crippen LogP contribution < -0.4 is 5.32 Å². The second-order valence-electron chi connectivity index (χ2n) is 5.30. The van der Waals surface area contributed by atoms with Crippen LogP contribution in [0.2, 0.25) is 0 Å². The van der Waals surface area contributed by atoms with Gasteiger partial charge in [-0.2, -0.15) is 0 Å². The number of nitrogens with one attached hydrogen (secondary N) is 1.